The van der Waals surface area contributed by atoms with E-state index in [4.69, 9.17) is 12.2 Å². The zero-order valence-corrected chi connectivity index (χ0v) is 11.3. The summed E-state index contributed by atoms with van der Waals surface area (Å²) in [6.07, 6.45) is 8.50. The Morgan fingerprint density at radius 2 is 2.20 bits per heavy atom. The van der Waals surface area contributed by atoms with Gasteiger partial charge in [0.2, 0.25) is 5.91 Å². The summed E-state index contributed by atoms with van der Waals surface area (Å²) >= 11 is 0. The van der Waals surface area contributed by atoms with E-state index < -0.39 is 0 Å². The molecule has 1 aromatic carbocycles. The highest BCUT2D eigenvalue weighted by atomic mass is 16.1. The van der Waals surface area contributed by atoms with Gasteiger partial charge in [0.25, 0.3) is 0 Å². The molecule has 0 saturated carbocycles. The molecule has 1 amide bonds. The maximum atomic E-state index is 11.3. The Labute approximate surface area is 118 Å². The molecule has 1 aliphatic rings. The molecule has 0 unspecified atom stereocenters. The molecule has 20 heavy (non-hydrogen) atoms. The first kappa shape index (κ1) is 13.9. The van der Waals surface area contributed by atoms with Crippen LogP contribution in [0, 0.1) is 12.3 Å². The van der Waals surface area contributed by atoms with Gasteiger partial charge in [-0.1, -0.05) is 12.0 Å². The molecule has 5 heteroatoms. The predicted molar refractivity (Wildman–Crippen MR) is 80.4 cm³/mol. The Morgan fingerprint density at radius 3 is 3.00 bits per heavy atom. The number of nitrogens with zero attached hydrogens (tertiary/aromatic N) is 1. The molecular formula is C15H18N4O. The maximum Gasteiger partial charge on any atom is 0.242 e. The van der Waals surface area contributed by atoms with Crippen LogP contribution in [0.2, 0.25) is 0 Å². The summed E-state index contributed by atoms with van der Waals surface area (Å²) in [6.45, 7) is 0.165. The van der Waals surface area contributed by atoms with Crippen LogP contribution in [0.4, 0.5) is 5.69 Å². The summed E-state index contributed by atoms with van der Waals surface area (Å²) in [6, 6.07) is 6.17. The normalized spacial score (nSPS) is 13.4. The number of hydrogen-bond acceptors (Lipinski definition) is 2. The van der Waals surface area contributed by atoms with Crippen molar-refractivity contribution in [3.8, 4) is 12.3 Å². The zero-order valence-electron chi connectivity index (χ0n) is 11.3. The van der Waals surface area contributed by atoms with E-state index in [1.54, 1.807) is 0 Å². The molecule has 0 fully saturated rings. The van der Waals surface area contributed by atoms with E-state index in [0.29, 0.717) is 0 Å². The molecular weight excluding hydrogens is 252 g/mol. The van der Waals surface area contributed by atoms with Gasteiger partial charge in [-0.25, -0.2) is 4.99 Å². The summed E-state index contributed by atoms with van der Waals surface area (Å²) in [7, 11) is 0. The highest BCUT2D eigenvalue weighted by molar-refractivity contribution is 5.94. The lowest BCUT2D eigenvalue weighted by Crippen LogP contribution is -2.29. The van der Waals surface area contributed by atoms with Crippen molar-refractivity contribution in [2.75, 3.05) is 18.4 Å². The third-order valence-corrected chi connectivity index (χ3v) is 3.15. The molecule has 2 rings (SSSR count). The van der Waals surface area contributed by atoms with Crippen molar-refractivity contribution in [3.05, 3.63) is 29.3 Å². The summed E-state index contributed by atoms with van der Waals surface area (Å²) in [5.41, 5.74) is 9.40. The van der Waals surface area contributed by atoms with Crippen molar-refractivity contribution in [2.24, 2.45) is 10.7 Å². The van der Waals surface area contributed by atoms with Crippen LogP contribution >= 0.6 is 0 Å². The van der Waals surface area contributed by atoms with Gasteiger partial charge in [-0.2, -0.15) is 0 Å². The monoisotopic (exact) mass is 270 g/mol. The van der Waals surface area contributed by atoms with E-state index in [2.05, 4.69) is 33.7 Å². The first-order chi connectivity index (χ1) is 9.69. The van der Waals surface area contributed by atoms with E-state index >= 15 is 0 Å². The summed E-state index contributed by atoms with van der Waals surface area (Å²) in [4.78, 5) is 15.3. The molecule has 0 aromatic heterocycles. The number of benzene rings is 1. The molecule has 4 N–H and O–H groups in total. The summed E-state index contributed by atoms with van der Waals surface area (Å²) in [5, 5.41) is 5.51. The number of aliphatic imine (C=N–C) groups is 1. The predicted octanol–water partition coefficient (Wildman–Crippen LogP) is 0.651. The Kier molecular flexibility index (Phi) is 4.61. The number of amides is 1. The fraction of sp³-hybridized carbons (Fsp3) is 0.333. The van der Waals surface area contributed by atoms with Gasteiger partial charge in [0.1, 0.15) is 6.54 Å². The van der Waals surface area contributed by atoms with Crippen molar-refractivity contribution in [1.82, 2.24) is 5.32 Å². The number of aryl methyl sites for hydroxylation is 2. The summed E-state index contributed by atoms with van der Waals surface area (Å²) < 4.78 is 0. The van der Waals surface area contributed by atoms with Gasteiger partial charge in [-0.3, -0.25) is 4.79 Å². The van der Waals surface area contributed by atoms with Gasteiger partial charge in [-0.15, -0.1) is 6.42 Å². The van der Waals surface area contributed by atoms with E-state index in [9.17, 15) is 4.79 Å². The number of carbonyl (C=O) groups excluding carboxylic acids is 1. The number of carbonyl (C=O) groups is 1. The lowest BCUT2D eigenvalue weighted by molar-refractivity contribution is -0.119. The van der Waals surface area contributed by atoms with Crippen molar-refractivity contribution < 1.29 is 4.79 Å². The molecule has 0 aliphatic heterocycles. The number of nitrogens with two attached hydrogens (primary N) is 1. The van der Waals surface area contributed by atoms with Crippen molar-refractivity contribution in [2.45, 2.75) is 19.3 Å². The second-order valence-corrected chi connectivity index (χ2v) is 4.64. The smallest absolute Gasteiger partial charge is 0.242 e. The van der Waals surface area contributed by atoms with Gasteiger partial charge < -0.3 is 16.4 Å². The topological polar surface area (TPSA) is 79.5 Å². The second-order valence-electron chi connectivity index (χ2n) is 4.64. The van der Waals surface area contributed by atoms with Crippen LogP contribution in [0.5, 0.6) is 0 Å². The third kappa shape index (κ3) is 3.75. The standard InChI is InChI=1S/C15H18N4O/c1-2-8-17-14(20)10-18-15(16)19-13-7-6-11-4-3-5-12(11)9-13/h1,6-7,9H,3-5,8,10H2,(H,17,20)(H3,16,18,19). The van der Waals surface area contributed by atoms with Gasteiger partial charge in [0.15, 0.2) is 5.96 Å². The van der Waals surface area contributed by atoms with Gasteiger partial charge >= 0.3 is 0 Å². The molecule has 1 aromatic rings. The van der Waals surface area contributed by atoms with Crippen LogP contribution in [-0.2, 0) is 17.6 Å². The van der Waals surface area contributed by atoms with Crippen LogP contribution in [0.25, 0.3) is 0 Å². The SMILES string of the molecule is C#CCNC(=O)CN=C(N)Nc1ccc2c(c1)CCC2. The first-order valence-corrected chi connectivity index (χ1v) is 6.58. The quantitative estimate of drug-likeness (QED) is 0.427. The highest BCUT2D eigenvalue weighted by Crippen LogP contribution is 2.24. The molecule has 104 valence electrons. The Hall–Kier alpha value is -2.48. The Balaban J connectivity index is 1.89. The van der Waals surface area contributed by atoms with Crippen molar-refractivity contribution >= 4 is 17.6 Å². The average molecular weight is 270 g/mol. The van der Waals surface area contributed by atoms with E-state index in [0.717, 1.165) is 18.5 Å². The number of nitrogens with one attached hydrogen (secondary N) is 2. The molecule has 0 heterocycles. The molecule has 1 aliphatic carbocycles. The first-order valence-electron chi connectivity index (χ1n) is 6.58. The van der Waals surface area contributed by atoms with E-state index in [1.807, 2.05) is 6.07 Å². The number of terminal acetylenes is 1. The van der Waals surface area contributed by atoms with Gasteiger partial charge in [-0.05, 0) is 42.5 Å². The number of hydrogen-bond donors (Lipinski definition) is 3. The van der Waals surface area contributed by atoms with Crippen LogP contribution in [0.3, 0.4) is 0 Å². The van der Waals surface area contributed by atoms with Gasteiger partial charge in [0.05, 0.1) is 6.54 Å². The van der Waals surface area contributed by atoms with E-state index in [-0.39, 0.29) is 25.0 Å². The lowest BCUT2D eigenvalue weighted by Gasteiger charge is -2.07. The minimum Gasteiger partial charge on any atom is -0.370 e. The molecule has 0 atom stereocenters. The lowest BCUT2D eigenvalue weighted by atomic mass is 10.1. The average Bonchev–Trinajstić information content (AvgIpc) is 2.90. The molecule has 0 spiro atoms. The second kappa shape index (κ2) is 6.62. The van der Waals surface area contributed by atoms with Gasteiger partial charge in [0, 0.05) is 5.69 Å². The molecule has 5 nitrogen and oxygen atoms in total. The highest BCUT2D eigenvalue weighted by Gasteiger charge is 2.10. The van der Waals surface area contributed by atoms with Crippen LogP contribution < -0.4 is 16.4 Å². The van der Waals surface area contributed by atoms with Crippen molar-refractivity contribution in [3.63, 3.8) is 0 Å². The fourth-order valence-electron chi connectivity index (χ4n) is 2.20. The third-order valence-electron chi connectivity index (χ3n) is 3.15. The number of guanidine groups is 1. The number of rotatable bonds is 4. The van der Waals surface area contributed by atoms with E-state index in [1.165, 1.54) is 17.5 Å². The fourth-order valence-corrected chi connectivity index (χ4v) is 2.20. The van der Waals surface area contributed by atoms with Crippen LogP contribution in [-0.4, -0.2) is 25.0 Å². The van der Waals surface area contributed by atoms with Crippen LogP contribution in [0.15, 0.2) is 23.2 Å². The Morgan fingerprint density at radius 1 is 1.40 bits per heavy atom. The minimum absolute atomic E-state index is 0.0363. The van der Waals surface area contributed by atoms with Crippen molar-refractivity contribution in [1.29, 1.82) is 0 Å². The number of fused-ring (bicyclic) bond motifs is 1. The number of anilines is 1. The molecule has 0 saturated heterocycles. The largest absolute Gasteiger partial charge is 0.370 e. The summed E-state index contributed by atoms with van der Waals surface area (Å²) in [5.74, 6) is 2.30. The minimum atomic E-state index is -0.248. The zero-order chi connectivity index (χ0) is 14.4. The molecule has 0 radical (unpaired) electrons. The molecule has 0 bridgehead atoms. The van der Waals surface area contributed by atoms with Crippen LogP contribution in [0.1, 0.15) is 17.5 Å². The maximum absolute atomic E-state index is 11.3. The Bertz CT molecular complexity index is 572.